The Morgan fingerprint density at radius 3 is 2.77 bits per heavy atom. The summed E-state index contributed by atoms with van der Waals surface area (Å²) in [5, 5.41) is 14.6. The summed E-state index contributed by atoms with van der Waals surface area (Å²) in [7, 11) is 0. The van der Waals surface area contributed by atoms with E-state index in [-0.39, 0.29) is 17.8 Å². The number of tetrazole rings is 1. The first-order valence-electron chi connectivity index (χ1n) is 8.04. The van der Waals surface area contributed by atoms with Crippen LogP contribution in [0.5, 0.6) is 0 Å². The predicted octanol–water partition coefficient (Wildman–Crippen LogP) is 2.81. The average Bonchev–Trinajstić information content (AvgIpc) is 3.28. The maximum atomic E-state index is 13.0. The van der Waals surface area contributed by atoms with E-state index in [1.54, 1.807) is 36.1 Å². The number of halogens is 1. The fourth-order valence-corrected chi connectivity index (χ4v) is 3.11. The number of carbonyl (C=O) groups is 1. The zero-order valence-corrected chi connectivity index (χ0v) is 15.1. The number of rotatable bonds is 7. The Hall–Kier alpha value is -2.68. The summed E-state index contributed by atoms with van der Waals surface area (Å²) < 4.78 is 19.9. The fraction of sp³-hybridized carbons (Fsp3) is 0.294. The summed E-state index contributed by atoms with van der Waals surface area (Å²) in [6, 6.07) is 9.45. The molecule has 2 atom stereocenters. The van der Waals surface area contributed by atoms with Gasteiger partial charge in [0.05, 0.1) is 17.6 Å². The first-order chi connectivity index (χ1) is 12.5. The van der Waals surface area contributed by atoms with Gasteiger partial charge in [-0.3, -0.25) is 4.79 Å². The van der Waals surface area contributed by atoms with Crippen LogP contribution in [0.3, 0.4) is 0 Å². The topological polar surface area (TPSA) is 85.8 Å². The molecule has 1 N–H and O–H groups in total. The minimum atomic E-state index is -0.403. The Morgan fingerprint density at radius 2 is 2.08 bits per heavy atom. The Morgan fingerprint density at radius 1 is 1.31 bits per heavy atom. The number of aromatic nitrogens is 4. The molecule has 0 bridgehead atoms. The molecule has 0 fully saturated rings. The minimum Gasteiger partial charge on any atom is -0.467 e. The second-order valence-corrected chi connectivity index (χ2v) is 7.05. The van der Waals surface area contributed by atoms with Crippen LogP contribution in [0, 0.1) is 5.82 Å². The zero-order valence-electron chi connectivity index (χ0n) is 14.3. The van der Waals surface area contributed by atoms with E-state index in [2.05, 4.69) is 20.8 Å². The van der Waals surface area contributed by atoms with Crippen LogP contribution in [-0.4, -0.2) is 31.4 Å². The van der Waals surface area contributed by atoms with Crippen LogP contribution in [0.4, 0.5) is 4.39 Å². The number of nitrogens with zero attached hydrogens (tertiary/aromatic N) is 4. The minimum absolute atomic E-state index is 0.153. The van der Waals surface area contributed by atoms with Gasteiger partial charge >= 0.3 is 0 Å². The predicted molar refractivity (Wildman–Crippen MR) is 93.9 cm³/mol. The molecule has 0 saturated carbocycles. The van der Waals surface area contributed by atoms with Crippen molar-refractivity contribution in [3.8, 4) is 0 Å². The Bertz CT molecular complexity index is 850. The van der Waals surface area contributed by atoms with E-state index < -0.39 is 5.25 Å². The molecule has 0 aliphatic carbocycles. The van der Waals surface area contributed by atoms with Gasteiger partial charge in [0.1, 0.15) is 18.1 Å². The van der Waals surface area contributed by atoms with Gasteiger partial charge in [0, 0.05) is 0 Å². The van der Waals surface area contributed by atoms with E-state index in [9.17, 15) is 9.18 Å². The van der Waals surface area contributed by atoms with Crippen LogP contribution >= 0.6 is 11.8 Å². The van der Waals surface area contributed by atoms with Gasteiger partial charge in [0.2, 0.25) is 11.1 Å². The molecule has 136 valence electrons. The van der Waals surface area contributed by atoms with Crippen molar-refractivity contribution in [1.82, 2.24) is 25.5 Å². The van der Waals surface area contributed by atoms with Crippen molar-refractivity contribution >= 4 is 17.7 Å². The summed E-state index contributed by atoms with van der Waals surface area (Å²) in [5.41, 5.74) is 0.833. The van der Waals surface area contributed by atoms with Crippen molar-refractivity contribution in [2.75, 3.05) is 0 Å². The number of hydrogen-bond acceptors (Lipinski definition) is 6. The highest BCUT2D eigenvalue weighted by atomic mass is 32.2. The van der Waals surface area contributed by atoms with Crippen LogP contribution in [0.25, 0.3) is 0 Å². The highest BCUT2D eigenvalue weighted by Crippen LogP contribution is 2.22. The molecule has 9 heteroatoms. The number of hydrogen-bond donors (Lipinski definition) is 1. The van der Waals surface area contributed by atoms with Gasteiger partial charge < -0.3 is 9.73 Å². The molecule has 1 amide bonds. The van der Waals surface area contributed by atoms with E-state index in [4.69, 9.17) is 4.42 Å². The van der Waals surface area contributed by atoms with E-state index in [1.165, 1.54) is 23.9 Å². The SMILES string of the molecule is C[C@H](Sc1nnnn1Cc1ccco1)C(=O)N[C@H](C)c1ccc(F)cc1. The standard InChI is InChI=1S/C17H18FN5O2S/c1-11(13-5-7-14(18)8-6-13)19-16(24)12(2)26-17-20-21-22-23(17)10-15-4-3-9-25-15/h3-9,11-12H,10H2,1-2H3,(H,19,24)/t11-,12+/m1/s1. The van der Waals surface area contributed by atoms with Crippen LogP contribution in [-0.2, 0) is 11.3 Å². The van der Waals surface area contributed by atoms with Gasteiger partial charge in [-0.05, 0) is 54.1 Å². The molecule has 3 aromatic rings. The number of amides is 1. The second-order valence-electron chi connectivity index (χ2n) is 5.74. The quantitative estimate of drug-likeness (QED) is 0.639. The van der Waals surface area contributed by atoms with Crippen molar-refractivity contribution in [2.24, 2.45) is 0 Å². The van der Waals surface area contributed by atoms with Crippen LogP contribution < -0.4 is 5.32 Å². The van der Waals surface area contributed by atoms with Crippen molar-refractivity contribution in [3.63, 3.8) is 0 Å². The highest BCUT2D eigenvalue weighted by molar-refractivity contribution is 8.00. The summed E-state index contributed by atoms with van der Waals surface area (Å²) in [6.45, 7) is 4.02. The maximum Gasteiger partial charge on any atom is 0.233 e. The number of thioether (sulfide) groups is 1. The van der Waals surface area contributed by atoms with Crippen LogP contribution in [0.1, 0.15) is 31.2 Å². The van der Waals surface area contributed by atoms with Crippen molar-refractivity contribution < 1.29 is 13.6 Å². The first kappa shape index (κ1) is 18.1. The normalized spacial score (nSPS) is 13.3. The van der Waals surface area contributed by atoms with Gasteiger partial charge in [0.15, 0.2) is 0 Å². The third-order valence-electron chi connectivity index (χ3n) is 3.76. The maximum absolute atomic E-state index is 13.0. The van der Waals surface area contributed by atoms with Crippen molar-refractivity contribution in [2.45, 2.75) is 36.8 Å². The van der Waals surface area contributed by atoms with Crippen molar-refractivity contribution in [3.05, 3.63) is 59.8 Å². The zero-order chi connectivity index (χ0) is 18.5. The van der Waals surface area contributed by atoms with E-state index in [0.29, 0.717) is 11.7 Å². The molecule has 0 aliphatic heterocycles. The lowest BCUT2D eigenvalue weighted by molar-refractivity contribution is -0.120. The molecular formula is C17H18FN5O2S. The number of carbonyl (C=O) groups excluding carboxylic acids is 1. The Labute approximate surface area is 154 Å². The third kappa shape index (κ3) is 4.48. The van der Waals surface area contributed by atoms with Crippen LogP contribution in [0.15, 0.2) is 52.2 Å². The smallest absolute Gasteiger partial charge is 0.233 e. The monoisotopic (exact) mass is 375 g/mol. The van der Waals surface area contributed by atoms with Crippen LogP contribution in [0.2, 0.25) is 0 Å². The van der Waals surface area contributed by atoms with E-state index >= 15 is 0 Å². The Kier molecular flexibility index (Phi) is 5.67. The molecule has 2 heterocycles. The molecule has 1 aromatic carbocycles. The fourth-order valence-electron chi connectivity index (χ4n) is 2.31. The van der Waals surface area contributed by atoms with Gasteiger partial charge in [-0.1, -0.05) is 23.9 Å². The largest absolute Gasteiger partial charge is 0.467 e. The lowest BCUT2D eigenvalue weighted by Crippen LogP contribution is -2.33. The van der Waals surface area contributed by atoms with Gasteiger partial charge in [-0.15, -0.1) is 5.10 Å². The lowest BCUT2D eigenvalue weighted by Gasteiger charge is -2.17. The summed E-state index contributed by atoms with van der Waals surface area (Å²) in [4.78, 5) is 12.4. The van der Waals surface area contributed by atoms with Gasteiger partial charge in [-0.25, -0.2) is 9.07 Å². The Balaban J connectivity index is 1.59. The molecular weight excluding hydrogens is 357 g/mol. The lowest BCUT2D eigenvalue weighted by atomic mass is 10.1. The molecule has 0 aliphatic rings. The average molecular weight is 375 g/mol. The molecule has 0 radical (unpaired) electrons. The molecule has 7 nitrogen and oxygen atoms in total. The van der Waals surface area contributed by atoms with Gasteiger partial charge in [0.25, 0.3) is 0 Å². The molecule has 0 unspecified atom stereocenters. The number of benzene rings is 1. The molecule has 0 saturated heterocycles. The summed E-state index contributed by atoms with van der Waals surface area (Å²) in [5.74, 6) is 0.264. The number of furan rings is 1. The van der Waals surface area contributed by atoms with Gasteiger partial charge in [-0.2, -0.15) is 0 Å². The number of nitrogens with one attached hydrogen (secondary N) is 1. The van der Waals surface area contributed by atoms with Crippen molar-refractivity contribution in [1.29, 1.82) is 0 Å². The molecule has 0 spiro atoms. The third-order valence-corrected chi connectivity index (χ3v) is 4.84. The van der Waals surface area contributed by atoms with E-state index in [0.717, 1.165) is 11.3 Å². The first-order valence-corrected chi connectivity index (χ1v) is 8.92. The molecule has 26 heavy (non-hydrogen) atoms. The second kappa shape index (κ2) is 8.13. The molecule has 2 aromatic heterocycles. The van der Waals surface area contributed by atoms with E-state index in [1.807, 2.05) is 13.0 Å². The molecule has 3 rings (SSSR count). The summed E-state index contributed by atoms with van der Waals surface area (Å²) in [6.07, 6.45) is 1.58. The highest BCUT2D eigenvalue weighted by Gasteiger charge is 2.20. The summed E-state index contributed by atoms with van der Waals surface area (Å²) >= 11 is 1.26.